The molecule has 7 nitrogen and oxygen atoms in total. The maximum Gasteiger partial charge on any atom is 0.225 e. The van der Waals surface area contributed by atoms with E-state index >= 15 is 0 Å². The average molecular weight is 310 g/mol. The van der Waals surface area contributed by atoms with Crippen molar-refractivity contribution in [3.05, 3.63) is 47.5 Å². The Hall–Kier alpha value is -2.96. The summed E-state index contributed by atoms with van der Waals surface area (Å²) in [5.74, 6) is 0.584. The van der Waals surface area contributed by atoms with Gasteiger partial charge in [-0.2, -0.15) is 10.2 Å². The Labute approximate surface area is 133 Å². The monoisotopic (exact) mass is 310 g/mol. The Bertz CT molecular complexity index is 877. The SMILES string of the molecule is Cc1ccc(C)c(-n2nc(CC(N)=O)nc2-c2cnn(C)c2)c1. The van der Waals surface area contributed by atoms with Crippen LogP contribution in [0.15, 0.2) is 30.6 Å². The van der Waals surface area contributed by atoms with E-state index < -0.39 is 5.91 Å². The summed E-state index contributed by atoms with van der Waals surface area (Å²) in [6.45, 7) is 4.03. The third-order valence-corrected chi connectivity index (χ3v) is 3.54. The number of hydrogen-bond donors (Lipinski definition) is 1. The van der Waals surface area contributed by atoms with Gasteiger partial charge in [0.1, 0.15) is 0 Å². The fourth-order valence-electron chi connectivity index (χ4n) is 2.42. The van der Waals surface area contributed by atoms with Gasteiger partial charge < -0.3 is 5.73 Å². The van der Waals surface area contributed by atoms with Crippen LogP contribution in [0.25, 0.3) is 17.1 Å². The molecule has 0 atom stereocenters. The van der Waals surface area contributed by atoms with E-state index in [1.807, 2.05) is 45.3 Å². The first kappa shape index (κ1) is 15.0. The van der Waals surface area contributed by atoms with E-state index in [1.54, 1.807) is 15.6 Å². The summed E-state index contributed by atoms with van der Waals surface area (Å²) >= 11 is 0. The number of carbonyl (C=O) groups excluding carboxylic acids is 1. The minimum atomic E-state index is -0.458. The van der Waals surface area contributed by atoms with Crippen molar-refractivity contribution in [2.75, 3.05) is 0 Å². The van der Waals surface area contributed by atoms with Gasteiger partial charge in [-0.1, -0.05) is 12.1 Å². The lowest BCUT2D eigenvalue weighted by molar-refractivity contribution is -0.117. The first-order valence-corrected chi connectivity index (χ1v) is 7.25. The van der Waals surface area contributed by atoms with E-state index in [0.717, 1.165) is 22.4 Å². The molecule has 3 rings (SSSR count). The number of nitrogens with zero attached hydrogens (tertiary/aromatic N) is 5. The summed E-state index contributed by atoms with van der Waals surface area (Å²) in [6.07, 6.45) is 3.59. The molecule has 0 radical (unpaired) electrons. The Morgan fingerprint density at radius 3 is 2.74 bits per heavy atom. The second-order valence-electron chi connectivity index (χ2n) is 5.60. The van der Waals surface area contributed by atoms with Crippen molar-refractivity contribution in [3.8, 4) is 17.1 Å². The lowest BCUT2D eigenvalue weighted by Gasteiger charge is -2.09. The summed E-state index contributed by atoms with van der Waals surface area (Å²) in [5.41, 5.74) is 9.21. The van der Waals surface area contributed by atoms with E-state index in [0.29, 0.717) is 11.6 Å². The number of amides is 1. The summed E-state index contributed by atoms with van der Waals surface area (Å²) in [4.78, 5) is 15.7. The molecule has 0 aliphatic heterocycles. The molecule has 2 heterocycles. The number of nitrogens with two attached hydrogens (primary N) is 1. The van der Waals surface area contributed by atoms with Crippen LogP contribution in [-0.4, -0.2) is 30.5 Å². The highest BCUT2D eigenvalue weighted by atomic mass is 16.1. The molecule has 1 amide bonds. The first-order chi connectivity index (χ1) is 10.9. The molecule has 0 aliphatic carbocycles. The predicted octanol–water partition coefficient (Wildman–Crippen LogP) is 1.31. The minimum Gasteiger partial charge on any atom is -0.369 e. The highest BCUT2D eigenvalue weighted by Crippen LogP contribution is 2.23. The van der Waals surface area contributed by atoms with E-state index in [4.69, 9.17) is 5.73 Å². The van der Waals surface area contributed by atoms with Gasteiger partial charge in [-0.3, -0.25) is 9.48 Å². The Kier molecular flexibility index (Phi) is 3.69. The van der Waals surface area contributed by atoms with Crippen molar-refractivity contribution in [1.29, 1.82) is 0 Å². The molecule has 0 bridgehead atoms. The first-order valence-electron chi connectivity index (χ1n) is 7.25. The maximum atomic E-state index is 11.2. The van der Waals surface area contributed by atoms with Crippen LogP contribution in [0.2, 0.25) is 0 Å². The fraction of sp³-hybridized carbons (Fsp3) is 0.250. The van der Waals surface area contributed by atoms with Gasteiger partial charge in [-0.05, 0) is 31.0 Å². The zero-order valence-electron chi connectivity index (χ0n) is 13.3. The largest absolute Gasteiger partial charge is 0.369 e. The van der Waals surface area contributed by atoms with Gasteiger partial charge in [0.05, 0.1) is 23.9 Å². The van der Waals surface area contributed by atoms with Crippen LogP contribution in [-0.2, 0) is 18.3 Å². The van der Waals surface area contributed by atoms with Gasteiger partial charge in [0.2, 0.25) is 5.91 Å². The van der Waals surface area contributed by atoms with Crippen LogP contribution in [0, 0.1) is 13.8 Å². The number of hydrogen-bond acceptors (Lipinski definition) is 4. The smallest absolute Gasteiger partial charge is 0.225 e. The second kappa shape index (κ2) is 5.68. The maximum absolute atomic E-state index is 11.2. The average Bonchev–Trinajstić information content (AvgIpc) is 3.07. The molecule has 3 aromatic rings. The third kappa shape index (κ3) is 2.98. The van der Waals surface area contributed by atoms with Crippen molar-refractivity contribution in [3.63, 3.8) is 0 Å². The third-order valence-electron chi connectivity index (χ3n) is 3.54. The van der Waals surface area contributed by atoms with E-state index in [-0.39, 0.29) is 6.42 Å². The number of primary amides is 1. The Balaban J connectivity index is 2.19. The molecule has 7 heteroatoms. The van der Waals surface area contributed by atoms with Gasteiger partial charge in [-0.15, -0.1) is 0 Å². The molecular formula is C16H18N6O. The molecule has 0 saturated heterocycles. The van der Waals surface area contributed by atoms with E-state index in [2.05, 4.69) is 15.2 Å². The van der Waals surface area contributed by atoms with Crippen LogP contribution in [0.5, 0.6) is 0 Å². The molecule has 2 aromatic heterocycles. The van der Waals surface area contributed by atoms with Crippen LogP contribution in [0.4, 0.5) is 0 Å². The van der Waals surface area contributed by atoms with E-state index in [9.17, 15) is 4.79 Å². The highest BCUT2D eigenvalue weighted by molar-refractivity contribution is 5.75. The number of aromatic nitrogens is 5. The molecular weight excluding hydrogens is 292 g/mol. The van der Waals surface area contributed by atoms with Gasteiger partial charge in [-0.25, -0.2) is 9.67 Å². The van der Waals surface area contributed by atoms with Gasteiger partial charge >= 0.3 is 0 Å². The molecule has 0 fully saturated rings. The van der Waals surface area contributed by atoms with Crippen LogP contribution in [0.3, 0.4) is 0 Å². The topological polar surface area (TPSA) is 91.6 Å². The normalized spacial score (nSPS) is 10.9. The van der Waals surface area contributed by atoms with Crippen molar-refractivity contribution >= 4 is 5.91 Å². The standard InChI is InChI=1S/C16H18N6O/c1-10-4-5-11(2)13(6-10)22-16(12-8-18-21(3)9-12)19-15(20-22)7-14(17)23/h4-6,8-9H,7H2,1-3H3,(H2,17,23). The molecule has 1 aromatic carbocycles. The van der Waals surface area contributed by atoms with Gasteiger partial charge in [0.25, 0.3) is 0 Å². The second-order valence-corrected chi connectivity index (χ2v) is 5.60. The fourth-order valence-corrected chi connectivity index (χ4v) is 2.42. The van der Waals surface area contributed by atoms with Crippen LogP contribution < -0.4 is 5.73 Å². The zero-order chi connectivity index (χ0) is 16.6. The quantitative estimate of drug-likeness (QED) is 0.786. The summed E-state index contributed by atoms with van der Waals surface area (Å²) in [6, 6.07) is 6.12. The number of carbonyl (C=O) groups is 1. The van der Waals surface area contributed by atoms with Crippen LogP contribution >= 0.6 is 0 Å². The molecule has 23 heavy (non-hydrogen) atoms. The minimum absolute atomic E-state index is 0.00508. The lowest BCUT2D eigenvalue weighted by atomic mass is 10.1. The number of benzene rings is 1. The molecule has 0 unspecified atom stereocenters. The van der Waals surface area contributed by atoms with Crippen LogP contribution in [0.1, 0.15) is 17.0 Å². The number of aryl methyl sites for hydroxylation is 3. The lowest BCUT2D eigenvalue weighted by Crippen LogP contribution is -2.14. The van der Waals surface area contributed by atoms with Crippen molar-refractivity contribution < 1.29 is 4.79 Å². The predicted molar refractivity (Wildman–Crippen MR) is 85.9 cm³/mol. The Morgan fingerprint density at radius 1 is 1.30 bits per heavy atom. The number of rotatable bonds is 4. The Morgan fingerprint density at radius 2 is 2.09 bits per heavy atom. The summed E-state index contributed by atoms with van der Waals surface area (Å²) in [7, 11) is 1.84. The molecule has 118 valence electrons. The summed E-state index contributed by atoms with van der Waals surface area (Å²) < 4.78 is 3.45. The summed E-state index contributed by atoms with van der Waals surface area (Å²) in [5, 5.41) is 8.66. The van der Waals surface area contributed by atoms with Gasteiger partial charge in [0, 0.05) is 13.2 Å². The zero-order valence-corrected chi connectivity index (χ0v) is 13.3. The van der Waals surface area contributed by atoms with E-state index in [1.165, 1.54) is 0 Å². The van der Waals surface area contributed by atoms with Gasteiger partial charge in [0.15, 0.2) is 11.6 Å². The molecule has 2 N–H and O–H groups in total. The van der Waals surface area contributed by atoms with Crippen molar-refractivity contribution in [2.45, 2.75) is 20.3 Å². The molecule has 0 aliphatic rings. The highest BCUT2D eigenvalue weighted by Gasteiger charge is 2.17. The molecule has 0 saturated carbocycles. The van der Waals surface area contributed by atoms with Crippen molar-refractivity contribution in [1.82, 2.24) is 24.5 Å². The molecule has 0 spiro atoms. The van der Waals surface area contributed by atoms with Crippen molar-refractivity contribution in [2.24, 2.45) is 12.8 Å².